The van der Waals surface area contributed by atoms with Crippen LogP contribution in [0.5, 0.6) is 0 Å². The lowest BCUT2D eigenvalue weighted by Crippen LogP contribution is -2.41. The van der Waals surface area contributed by atoms with Crippen LogP contribution in [0.3, 0.4) is 0 Å². The summed E-state index contributed by atoms with van der Waals surface area (Å²) in [5, 5.41) is 16.1. The topological polar surface area (TPSA) is 141 Å². The summed E-state index contributed by atoms with van der Waals surface area (Å²) in [5.41, 5.74) is 10.1. The summed E-state index contributed by atoms with van der Waals surface area (Å²) >= 11 is 5.99. The maximum Gasteiger partial charge on any atom is 0.273 e. The van der Waals surface area contributed by atoms with E-state index in [1.807, 2.05) is 13.0 Å². The van der Waals surface area contributed by atoms with E-state index in [0.29, 0.717) is 29.4 Å². The van der Waals surface area contributed by atoms with Crippen molar-refractivity contribution >= 4 is 35.4 Å². The first-order valence-corrected chi connectivity index (χ1v) is 9.60. The van der Waals surface area contributed by atoms with Crippen LogP contribution in [-0.4, -0.2) is 35.3 Å². The van der Waals surface area contributed by atoms with Crippen molar-refractivity contribution in [2.24, 2.45) is 20.8 Å². The largest absolute Gasteiger partial charge is 0.382 e. The third-order valence-electron chi connectivity index (χ3n) is 3.73. The zero-order chi connectivity index (χ0) is 22.5. The van der Waals surface area contributed by atoms with Crippen molar-refractivity contribution in [2.45, 2.75) is 33.2 Å². The molecule has 0 fully saturated rings. The monoisotopic (exact) mass is 428 g/mol. The number of allylic oxidation sites excluding steroid dienone is 3. The van der Waals surface area contributed by atoms with Gasteiger partial charge in [0.05, 0.1) is 22.5 Å². The van der Waals surface area contributed by atoms with E-state index >= 15 is 0 Å². The summed E-state index contributed by atoms with van der Waals surface area (Å²) in [6, 6.07) is 6.49. The number of halogens is 1. The molecular formula is C20H25ClN8O. The summed E-state index contributed by atoms with van der Waals surface area (Å²) in [4.78, 5) is 24.9. The molecule has 1 atom stereocenters. The Balaban J connectivity index is 2.91. The van der Waals surface area contributed by atoms with Crippen molar-refractivity contribution in [3.8, 4) is 6.07 Å². The van der Waals surface area contributed by atoms with Gasteiger partial charge in [-0.1, -0.05) is 31.2 Å². The summed E-state index contributed by atoms with van der Waals surface area (Å²) in [6.45, 7) is 9.35. The minimum Gasteiger partial charge on any atom is -0.382 e. The Bertz CT molecular complexity index is 927. The van der Waals surface area contributed by atoms with Crippen LogP contribution in [-0.2, 0) is 4.79 Å². The van der Waals surface area contributed by atoms with Gasteiger partial charge in [-0.05, 0) is 38.5 Å². The summed E-state index contributed by atoms with van der Waals surface area (Å²) in [6.07, 6.45) is 3.28. The Morgan fingerprint density at radius 2 is 2.20 bits per heavy atom. The van der Waals surface area contributed by atoms with E-state index in [9.17, 15) is 4.79 Å². The first-order valence-electron chi connectivity index (χ1n) is 9.22. The van der Waals surface area contributed by atoms with Crippen molar-refractivity contribution < 1.29 is 4.79 Å². The highest BCUT2D eigenvalue weighted by Gasteiger charge is 2.19. The van der Waals surface area contributed by atoms with Gasteiger partial charge >= 0.3 is 0 Å². The van der Waals surface area contributed by atoms with Crippen LogP contribution in [0.2, 0.25) is 0 Å². The van der Waals surface area contributed by atoms with Gasteiger partial charge in [0.1, 0.15) is 18.1 Å². The van der Waals surface area contributed by atoms with Crippen molar-refractivity contribution in [2.75, 3.05) is 6.54 Å². The molecule has 158 valence electrons. The summed E-state index contributed by atoms with van der Waals surface area (Å²) < 4.78 is 0. The van der Waals surface area contributed by atoms with Gasteiger partial charge in [0.2, 0.25) is 0 Å². The van der Waals surface area contributed by atoms with Gasteiger partial charge in [0, 0.05) is 6.54 Å². The average molecular weight is 429 g/mol. The highest BCUT2D eigenvalue weighted by atomic mass is 35.5. The molecule has 0 aliphatic carbocycles. The minimum atomic E-state index is -0.514. The number of rotatable bonds is 10. The summed E-state index contributed by atoms with van der Waals surface area (Å²) in [5.74, 6) is -0.609. The van der Waals surface area contributed by atoms with E-state index in [0.717, 1.165) is 6.34 Å². The number of hydrogen-bond acceptors (Lipinski definition) is 6. The van der Waals surface area contributed by atoms with E-state index < -0.39 is 11.9 Å². The highest BCUT2D eigenvalue weighted by molar-refractivity contribution is 6.66. The SMILES string of the molecule is C=C/C(Cl)=C(\CC)N/N=C\N=C(N)C(=NCC)C(=O)NC(C)c1cccc(C#N)n1. The van der Waals surface area contributed by atoms with Gasteiger partial charge in [-0.3, -0.25) is 15.2 Å². The molecular weight excluding hydrogens is 404 g/mol. The Morgan fingerprint density at radius 1 is 1.47 bits per heavy atom. The van der Waals surface area contributed by atoms with Gasteiger partial charge in [0.25, 0.3) is 5.91 Å². The summed E-state index contributed by atoms with van der Waals surface area (Å²) in [7, 11) is 0. The molecule has 10 heteroatoms. The lowest BCUT2D eigenvalue weighted by Gasteiger charge is -2.14. The van der Waals surface area contributed by atoms with Crippen LogP contribution in [0.1, 0.15) is 44.6 Å². The number of pyridine rings is 1. The number of nitrogens with zero attached hydrogens (tertiary/aromatic N) is 5. The average Bonchev–Trinajstić information content (AvgIpc) is 2.76. The fourth-order valence-electron chi connectivity index (χ4n) is 2.20. The molecule has 30 heavy (non-hydrogen) atoms. The van der Waals surface area contributed by atoms with E-state index in [1.165, 1.54) is 6.08 Å². The molecule has 0 aliphatic heterocycles. The Kier molecular flexibility index (Phi) is 10.5. The number of aromatic nitrogens is 1. The van der Waals surface area contributed by atoms with Crippen LogP contribution < -0.4 is 16.5 Å². The van der Waals surface area contributed by atoms with Crippen LogP contribution in [0.4, 0.5) is 0 Å². The fraction of sp³-hybridized carbons (Fsp3) is 0.300. The van der Waals surface area contributed by atoms with Crippen molar-refractivity contribution in [3.63, 3.8) is 0 Å². The minimum absolute atomic E-state index is 0.0254. The highest BCUT2D eigenvalue weighted by Crippen LogP contribution is 2.11. The molecule has 1 aromatic heterocycles. The number of amides is 1. The molecule has 1 unspecified atom stereocenters. The first-order chi connectivity index (χ1) is 14.4. The van der Waals surface area contributed by atoms with E-state index in [1.54, 1.807) is 32.0 Å². The maximum absolute atomic E-state index is 12.6. The van der Waals surface area contributed by atoms with Crippen LogP contribution >= 0.6 is 11.6 Å². The quantitative estimate of drug-likeness (QED) is 0.227. The van der Waals surface area contributed by atoms with Gasteiger partial charge in [0.15, 0.2) is 11.5 Å². The standard InChI is InChI=1S/C20H25ClN8O/c1-5-15(21)16(6-2)29-26-12-25-19(23)18(24-7-3)20(30)27-13(4)17-10-8-9-14(11-22)28-17/h5,8-10,12-13,29H,1,6-7H2,2-4H3,(H,27,30)(H2,23,25,26)/b16-15-,24-18?. The molecule has 0 saturated carbocycles. The van der Waals surface area contributed by atoms with Crippen molar-refractivity contribution in [1.29, 1.82) is 5.26 Å². The third kappa shape index (κ3) is 7.48. The Labute approximate surface area is 181 Å². The number of carbonyl (C=O) groups excluding carboxylic acids is 1. The van der Waals surface area contributed by atoms with Gasteiger partial charge in [-0.25, -0.2) is 9.98 Å². The molecule has 4 N–H and O–H groups in total. The lowest BCUT2D eigenvalue weighted by atomic mass is 10.2. The van der Waals surface area contributed by atoms with Crippen molar-refractivity contribution in [3.05, 3.63) is 53.0 Å². The van der Waals surface area contributed by atoms with Crippen LogP contribution in [0.25, 0.3) is 0 Å². The number of amidine groups is 1. The molecule has 0 spiro atoms. The number of nitrogens with two attached hydrogens (primary N) is 1. The maximum atomic E-state index is 12.6. The van der Waals surface area contributed by atoms with Crippen LogP contribution in [0.15, 0.2) is 56.7 Å². The van der Waals surface area contributed by atoms with Crippen LogP contribution in [0, 0.1) is 11.3 Å². The second kappa shape index (κ2) is 12.9. The predicted molar refractivity (Wildman–Crippen MR) is 120 cm³/mol. The molecule has 0 bridgehead atoms. The third-order valence-corrected chi connectivity index (χ3v) is 4.11. The smallest absolute Gasteiger partial charge is 0.273 e. The number of aliphatic imine (C=N–C) groups is 2. The molecule has 1 aromatic rings. The lowest BCUT2D eigenvalue weighted by molar-refractivity contribution is -0.115. The molecule has 1 heterocycles. The van der Waals surface area contributed by atoms with Gasteiger partial charge in [-0.2, -0.15) is 10.4 Å². The molecule has 1 rings (SSSR count). The second-order valence-electron chi connectivity index (χ2n) is 5.83. The zero-order valence-corrected chi connectivity index (χ0v) is 17.9. The van der Waals surface area contributed by atoms with Gasteiger partial charge in [-0.15, -0.1) is 0 Å². The molecule has 0 saturated heterocycles. The van der Waals surface area contributed by atoms with Crippen molar-refractivity contribution in [1.82, 2.24) is 15.7 Å². The van der Waals surface area contributed by atoms with Gasteiger partial charge < -0.3 is 11.1 Å². The molecule has 0 aliphatic rings. The van der Waals surface area contributed by atoms with E-state index in [4.69, 9.17) is 22.6 Å². The van der Waals surface area contributed by atoms with E-state index in [2.05, 4.69) is 37.4 Å². The predicted octanol–water partition coefficient (Wildman–Crippen LogP) is 2.53. The first kappa shape index (κ1) is 24.5. The van der Waals surface area contributed by atoms with E-state index in [-0.39, 0.29) is 17.2 Å². The molecule has 0 aromatic carbocycles. The normalized spacial score (nSPS) is 14.0. The number of nitriles is 1. The zero-order valence-electron chi connectivity index (χ0n) is 17.2. The number of hydrazone groups is 1. The number of hydrogen-bond donors (Lipinski definition) is 3. The Hall–Kier alpha value is -3.51. The second-order valence-corrected chi connectivity index (χ2v) is 6.24. The Morgan fingerprint density at radius 3 is 2.80 bits per heavy atom. The number of nitrogens with one attached hydrogen (secondary N) is 2. The molecule has 9 nitrogen and oxygen atoms in total. The number of carbonyl (C=O) groups is 1. The molecule has 0 radical (unpaired) electrons. The fourth-order valence-corrected chi connectivity index (χ4v) is 2.38. The molecule has 1 amide bonds.